The second kappa shape index (κ2) is 17.2. The molecule has 2 saturated heterocycles. The summed E-state index contributed by atoms with van der Waals surface area (Å²) in [7, 11) is 3.52. The molecular weight excluding hydrogens is 739 g/mol. The monoisotopic (exact) mass is 789 g/mol. The minimum Gasteiger partial charge on any atom is -0.493 e. The van der Waals surface area contributed by atoms with E-state index >= 15 is 0 Å². The van der Waals surface area contributed by atoms with Crippen molar-refractivity contribution in [2.45, 2.75) is 69.4 Å². The van der Waals surface area contributed by atoms with Crippen LogP contribution in [0.2, 0.25) is 0 Å². The number of anilines is 2. The van der Waals surface area contributed by atoms with E-state index in [9.17, 15) is 24.3 Å². The Labute approximate surface area is 332 Å². The summed E-state index contributed by atoms with van der Waals surface area (Å²) in [6.45, 7) is 5.91. The van der Waals surface area contributed by atoms with Crippen molar-refractivity contribution in [3.05, 3.63) is 53.6 Å². The lowest BCUT2D eigenvalue weighted by Gasteiger charge is -2.31. The van der Waals surface area contributed by atoms with Crippen LogP contribution < -0.4 is 24.0 Å². The summed E-state index contributed by atoms with van der Waals surface area (Å²) in [5.74, 6) is 0.803. The molecule has 4 heterocycles. The van der Waals surface area contributed by atoms with Crippen molar-refractivity contribution < 1.29 is 43.2 Å². The number of ether oxygens (including phenoxy) is 4. The number of aliphatic hydroxyl groups excluding tert-OH is 1. The number of nitrogens with zero attached hydrogens (tertiary/aromatic N) is 5. The summed E-state index contributed by atoms with van der Waals surface area (Å²) < 4.78 is 23.2. The molecule has 4 aliphatic rings. The van der Waals surface area contributed by atoms with Crippen LogP contribution in [0.4, 0.5) is 21.0 Å². The van der Waals surface area contributed by atoms with Gasteiger partial charge in [0.05, 0.1) is 36.7 Å². The third-order valence-corrected chi connectivity index (χ3v) is 11.3. The fourth-order valence-electron chi connectivity index (χ4n) is 8.08. The van der Waals surface area contributed by atoms with E-state index in [0.717, 1.165) is 46.4 Å². The molecule has 4 amide bonds. The normalized spacial score (nSPS) is 20.0. The highest BCUT2D eigenvalue weighted by Gasteiger charge is 2.45. The van der Waals surface area contributed by atoms with E-state index in [2.05, 4.69) is 17.5 Å². The van der Waals surface area contributed by atoms with Crippen LogP contribution in [0.15, 0.2) is 42.5 Å². The topological polar surface area (TPSA) is 142 Å². The number of thiol groups is 1. The van der Waals surface area contributed by atoms with Crippen LogP contribution in [0, 0.1) is 0 Å². The second-order valence-electron chi connectivity index (χ2n) is 15.0. The van der Waals surface area contributed by atoms with Gasteiger partial charge in [-0.05, 0) is 62.6 Å². The average Bonchev–Trinajstić information content (AvgIpc) is 3.85. The zero-order valence-corrected chi connectivity index (χ0v) is 33.2. The van der Waals surface area contributed by atoms with Gasteiger partial charge in [-0.2, -0.15) is 12.6 Å². The molecule has 2 fully saturated rings. The third-order valence-electron chi connectivity index (χ3n) is 11.1. The number of aliphatic hydroxyl groups is 1. The van der Waals surface area contributed by atoms with E-state index in [-0.39, 0.29) is 47.6 Å². The highest BCUT2D eigenvalue weighted by molar-refractivity contribution is 7.80. The van der Waals surface area contributed by atoms with E-state index < -0.39 is 18.4 Å². The van der Waals surface area contributed by atoms with Gasteiger partial charge < -0.3 is 43.7 Å². The van der Waals surface area contributed by atoms with Crippen molar-refractivity contribution in [3.8, 4) is 17.2 Å². The number of hydrogen-bond donors (Lipinski definition) is 2. The Balaban J connectivity index is 0.985. The van der Waals surface area contributed by atoms with Crippen LogP contribution in [0.1, 0.15) is 61.4 Å². The van der Waals surface area contributed by atoms with Crippen LogP contribution in [-0.4, -0.2) is 128 Å². The molecular formula is C41H51N5O9S. The minimum atomic E-state index is -1.31. The molecule has 0 spiro atoms. The number of piperazine rings is 1. The summed E-state index contributed by atoms with van der Waals surface area (Å²) in [5, 5.41) is 13.0. The molecule has 0 saturated carbocycles. The van der Waals surface area contributed by atoms with Crippen molar-refractivity contribution in [1.29, 1.82) is 0 Å². The van der Waals surface area contributed by atoms with E-state index in [1.807, 2.05) is 37.4 Å². The molecule has 0 bridgehead atoms. The molecule has 7 rings (SSSR count). The maximum absolute atomic E-state index is 13.7. The van der Waals surface area contributed by atoms with Gasteiger partial charge in [-0.25, -0.2) is 14.5 Å². The fraction of sp³-hybridized carbons (Fsp3) is 0.512. The lowest BCUT2D eigenvalue weighted by molar-refractivity contribution is -0.118. The number of likely N-dealkylation sites (N-methyl/N-ethyl adjacent to an activating group) is 1. The van der Waals surface area contributed by atoms with Gasteiger partial charge in [0, 0.05) is 68.5 Å². The molecule has 14 nitrogen and oxygen atoms in total. The van der Waals surface area contributed by atoms with E-state index in [1.165, 1.54) is 7.11 Å². The van der Waals surface area contributed by atoms with Crippen LogP contribution >= 0.6 is 12.6 Å². The number of unbranched alkanes of at least 4 members (excludes halogenated alkanes) is 2. The Morgan fingerprint density at radius 2 is 1.66 bits per heavy atom. The van der Waals surface area contributed by atoms with Crippen molar-refractivity contribution in [1.82, 2.24) is 14.7 Å². The summed E-state index contributed by atoms with van der Waals surface area (Å²) in [6, 6.07) is 12.2. The lowest BCUT2D eigenvalue weighted by atomic mass is 10.0. The van der Waals surface area contributed by atoms with Gasteiger partial charge in [0.2, 0.25) is 5.91 Å². The molecule has 3 aromatic carbocycles. The molecule has 300 valence electrons. The first kappa shape index (κ1) is 39.5. The van der Waals surface area contributed by atoms with Gasteiger partial charge in [-0.3, -0.25) is 9.59 Å². The van der Waals surface area contributed by atoms with E-state index in [1.54, 1.807) is 33.8 Å². The van der Waals surface area contributed by atoms with E-state index in [0.29, 0.717) is 82.0 Å². The van der Waals surface area contributed by atoms with Crippen molar-refractivity contribution >= 4 is 58.8 Å². The SMILES string of the molecule is COc1cc2c(cc1OCCCCCC(=O)N1CCc3c1cc(OC(=O)N1CCN(C)CC1)c1ccccc31)N(C(=O)OCC(C)S)C(O)C1CCCN1C2=O. The Morgan fingerprint density at radius 1 is 0.911 bits per heavy atom. The van der Waals surface area contributed by atoms with Gasteiger partial charge in [-0.1, -0.05) is 31.2 Å². The van der Waals surface area contributed by atoms with Gasteiger partial charge in [-0.15, -0.1) is 0 Å². The fourth-order valence-corrected chi connectivity index (χ4v) is 8.16. The molecule has 15 heteroatoms. The Morgan fingerprint density at radius 3 is 2.41 bits per heavy atom. The summed E-state index contributed by atoms with van der Waals surface area (Å²) in [5.41, 5.74) is 2.26. The maximum atomic E-state index is 13.7. The summed E-state index contributed by atoms with van der Waals surface area (Å²) >= 11 is 4.31. The van der Waals surface area contributed by atoms with Crippen molar-refractivity contribution in [3.63, 3.8) is 0 Å². The number of carbonyl (C=O) groups excluding carboxylic acids is 4. The molecule has 4 aliphatic heterocycles. The predicted molar refractivity (Wildman–Crippen MR) is 214 cm³/mol. The number of carbonyl (C=O) groups is 4. The molecule has 1 N–H and O–H groups in total. The largest absolute Gasteiger partial charge is 0.493 e. The molecule has 3 unspecified atom stereocenters. The van der Waals surface area contributed by atoms with Gasteiger partial charge in [0.1, 0.15) is 12.4 Å². The number of benzene rings is 3. The first-order valence-electron chi connectivity index (χ1n) is 19.5. The molecule has 56 heavy (non-hydrogen) atoms. The molecule has 3 atom stereocenters. The third kappa shape index (κ3) is 8.07. The quantitative estimate of drug-likeness (QED) is 0.194. The van der Waals surface area contributed by atoms with Crippen LogP contribution in [0.25, 0.3) is 10.8 Å². The predicted octanol–water partition coefficient (Wildman–Crippen LogP) is 5.32. The van der Waals surface area contributed by atoms with Crippen LogP contribution in [0.5, 0.6) is 17.2 Å². The number of fused-ring (bicyclic) bond motifs is 5. The Kier molecular flexibility index (Phi) is 12.1. The Hall–Kier alpha value is -4.73. The number of methoxy groups -OCH3 is 1. The molecule has 0 radical (unpaired) electrons. The summed E-state index contributed by atoms with van der Waals surface area (Å²) in [4.78, 5) is 62.3. The summed E-state index contributed by atoms with van der Waals surface area (Å²) in [6.07, 6.45) is 1.81. The number of amides is 4. The standard InChI is InChI=1S/C41H51N5O9S/c1-26(56)25-54-41(51)46-33-24-36(35(52-3)22-30(33)38(48)45-15-9-12-31(45)39(46)49)53-21-8-4-5-13-37(47)44-16-14-28-27-10-6-7-11-29(27)34(23-32(28)44)55-40(50)43-19-17-42(2)18-20-43/h6-7,10-11,22-24,26,31,39,49,56H,4-5,8-9,12-21,25H2,1-3H3. The molecule has 3 aromatic rings. The number of rotatable bonds is 11. The zero-order valence-electron chi connectivity index (χ0n) is 32.3. The van der Waals surface area contributed by atoms with Crippen molar-refractivity contribution in [2.24, 2.45) is 0 Å². The maximum Gasteiger partial charge on any atom is 0.416 e. The molecule has 0 aliphatic carbocycles. The average molecular weight is 790 g/mol. The second-order valence-corrected chi connectivity index (χ2v) is 15.9. The first-order chi connectivity index (χ1) is 27.0. The molecule has 0 aromatic heterocycles. The zero-order chi connectivity index (χ0) is 39.5. The highest BCUT2D eigenvalue weighted by Crippen LogP contribution is 2.43. The smallest absolute Gasteiger partial charge is 0.416 e. The van der Waals surface area contributed by atoms with Gasteiger partial charge in [0.25, 0.3) is 5.91 Å². The van der Waals surface area contributed by atoms with E-state index in [4.69, 9.17) is 18.9 Å². The highest BCUT2D eigenvalue weighted by atomic mass is 32.1. The van der Waals surface area contributed by atoms with Gasteiger partial charge >= 0.3 is 12.2 Å². The minimum absolute atomic E-state index is 0.00624. The number of hydrogen-bond acceptors (Lipinski definition) is 11. The lowest BCUT2D eigenvalue weighted by Crippen LogP contribution is -2.51. The van der Waals surface area contributed by atoms with Crippen LogP contribution in [-0.2, 0) is 16.0 Å². The van der Waals surface area contributed by atoms with Crippen LogP contribution in [0.3, 0.4) is 0 Å². The Bertz CT molecular complexity index is 1970. The first-order valence-corrected chi connectivity index (χ1v) is 20.1. The van der Waals surface area contributed by atoms with Gasteiger partial charge in [0.15, 0.2) is 17.7 Å². The van der Waals surface area contributed by atoms with Crippen molar-refractivity contribution in [2.75, 3.05) is 76.4 Å².